The van der Waals surface area contributed by atoms with Gasteiger partial charge in [-0.1, -0.05) is 11.6 Å². The summed E-state index contributed by atoms with van der Waals surface area (Å²) in [6.07, 6.45) is 3.27. The zero-order valence-electron chi connectivity index (χ0n) is 8.83. The molecule has 1 N–H and O–H groups in total. The monoisotopic (exact) mass is 233 g/mol. The second-order valence-electron chi connectivity index (χ2n) is 4.15. The molecule has 1 aromatic heterocycles. The van der Waals surface area contributed by atoms with Crippen LogP contribution in [0.25, 0.3) is 10.9 Å². The largest absolute Gasteiger partial charge is 0.314 e. The molecule has 0 bridgehead atoms. The molecule has 0 amide bonds. The van der Waals surface area contributed by atoms with Gasteiger partial charge in [0.1, 0.15) is 11.3 Å². The molecule has 3 rings (SSSR count). The molecular weight excluding hydrogens is 222 g/mol. The summed E-state index contributed by atoms with van der Waals surface area (Å²) < 4.78 is 2.01. The molecular formula is C12H12ClN3. The quantitative estimate of drug-likeness (QED) is 0.747. The Kier molecular flexibility index (Phi) is 2.21. The number of aryl methyl sites for hydroxylation is 1. The topological polar surface area (TPSA) is 41.7 Å². The van der Waals surface area contributed by atoms with Crippen molar-refractivity contribution >= 4 is 22.5 Å². The number of halogens is 1. The number of rotatable bonds is 0. The third-order valence-corrected chi connectivity index (χ3v) is 3.31. The summed E-state index contributed by atoms with van der Waals surface area (Å²) in [6, 6.07) is 5.54. The van der Waals surface area contributed by atoms with Crippen molar-refractivity contribution in [2.24, 2.45) is 0 Å². The fourth-order valence-corrected chi connectivity index (χ4v) is 2.42. The molecule has 0 saturated heterocycles. The molecule has 16 heavy (non-hydrogen) atoms. The molecule has 1 aliphatic heterocycles. The Morgan fingerprint density at radius 1 is 1.31 bits per heavy atom. The van der Waals surface area contributed by atoms with Crippen LogP contribution in [0.15, 0.2) is 18.2 Å². The van der Waals surface area contributed by atoms with Crippen molar-refractivity contribution in [1.29, 1.82) is 5.41 Å². The summed E-state index contributed by atoms with van der Waals surface area (Å²) in [7, 11) is 0. The lowest BCUT2D eigenvalue weighted by Crippen LogP contribution is -2.28. The van der Waals surface area contributed by atoms with Crippen molar-refractivity contribution in [1.82, 2.24) is 9.55 Å². The summed E-state index contributed by atoms with van der Waals surface area (Å²) in [5.41, 5.74) is 1.40. The lowest BCUT2D eigenvalue weighted by molar-refractivity contribution is 0.493. The second kappa shape index (κ2) is 3.59. The zero-order chi connectivity index (χ0) is 11.1. The third-order valence-electron chi connectivity index (χ3n) is 3.08. The van der Waals surface area contributed by atoms with Crippen LogP contribution in [0.4, 0.5) is 0 Å². The molecule has 0 unspecified atom stereocenters. The molecule has 0 saturated carbocycles. The van der Waals surface area contributed by atoms with Crippen LogP contribution in [0, 0.1) is 5.41 Å². The molecule has 2 heterocycles. The van der Waals surface area contributed by atoms with Crippen LogP contribution in [0.1, 0.15) is 18.7 Å². The van der Waals surface area contributed by atoms with E-state index in [4.69, 9.17) is 17.0 Å². The summed E-state index contributed by atoms with van der Waals surface area (Å²) in [6.45, 7) is 0.916. The first kappa shape index (κ1) is 9.85. The molecule has 0 radical (unpaired) electrons. The highest BCUT2D eigenvalue weighted by molar-refractivity contribution is 6.31. The van der Waals surface area contributed by atoms with Crippen LogP contribution < -0.4 is 5.49 Å². The highest BCUT2D eigenvalue weighted by atomic mass is 35.5. The Hall–Kier alpha value is -1.35. The van der Waals surface area contributed by atoms with E-state index in [9.17, 15) is 0 Å². The third kappa shape index (κ3) is 1.43. The number of benzene rings is 1. The number of hydrogen-bond acceptors (Lipinski definition) is 2. The Balaban J connectivity index is 2.39. The second-order valence-corrected chi connectivity index (χ2v) is 4.58. The van der Waals surface area contributed by atoms with Crippen LogP contribution in [0.2, 0.25) is 5.02 Å². The van der Waals surface area contributed by atoms with Crippen molar-refractivity contribution < 1.29 is 0 Å². The fraction of sp³-hybridized carbons (Fsp3) is 0.333. The summed E-state index contributed by atoms with van der Waals surface area (Å²) in [5, 5.41) is 9.73. The average Bonchev–Trinajstić information content (AvgIpc) is 2.29. The van der Waals surface area contributed by atoms with E-state index in [1.807, 2.05) is 22.8 Å². The Bertz CT molecular complexity index is 615. The molecule has 4 heteroatoms. The Morgan fingerprint density at radius 2 is 2.19 bits per heavy atom. The molecule has 0 atom stereocenters. The predicted octanol–water partition coefficient (Wildman–Crippen LogP) is 2.51. The summed E-state index contributed by atoms with van der Waals surface area (Å²) >= 11 is 5.95. The molecule has 1 aliphatic rings. The van der Waals surface area contributed by atoms with E-state index in [-0.39, 0.29) is 0 Å². The maximum absolute atomic E-state index is 8.17. The molecule has 3 nitrogen and oxygen atoms in total. The fourth-order valence-electron chi connectivity index (χ4n) is 2.26. The van der Waals surface area contributed by atoms with Gasteiger partial charge in [-0.3, -0.25) is 5.41 Å². The van der Waals surface area contributed by atoms with Gasteiger partial charge in [0.2, 0.25) is 0 Å². The van der Waals surface area contributed by atoms with E-state index >= 15 is 0 Å². The zero-order valence-corrected chi connectivity index (χ0v) is 9.59. The maximum atomic E-state index is 8.17. The molecule has 1 aromatic carbocycles. The number of hydrogen-bond donors (Lipinski definition) is 1. The number of fused-ring (bicyclic) bond motifs is 2. The van der Waals surface area contributed by atoms with E-state index in [2.05, 4.69) is 4.98 Å². The van der Waals surface area contributed by atoms with Crippen molar-refractivity contribution in [3.05, 3.63) is 34.5 Å². The number of nitrogens with zero attached hydrogens (tertiary/aromatic N) is 2. The highest BCUT2D eigenvalue weighted by Crippen LogP contribution is 2.18. The van der Waals surface area contributed by atoms with Gasteiger partial charge in [-0.25, -0.2) is 4.98 Å². The first-order valence-electron chi connectivity index (χ1n) is 5.49. The van der Waals surface area contributed by atoms with Gasteiger partial charge in [0.05, 0.1) is 5.52 Å². The van der Waals surface area contributed by atoms with Gasteiger partial charge in [0.25, 0.3) is 0 Å². The number of nitrogens with one attached hydrogen (secondary N) is 1. The van der Waals surface area contributed by atoms with Crippen LogP contribution in [-0.4, -0.2) is 9.55 Å². The van der Waals surface area contributed by atoms with Crippen LogP contribution in [-0.2, 0) is 13.0 Å². The van der Waals surface area contributed by atoms with Gasteiger partial charge in [0, 0.05) is 23.4 Å². The summed E-state index contributed by atoms with van der Waals surface area (Å²) in [4.78, 5) is 4.60. The highest BCUT2D eigenvalue weighted by Gasteiger charge is 2.12. The van der Waals surface area contributed by atoms with Crippen molar-refractivity contribution in [2.45, 2.75) is 25.8 Å². The van der Waals surface area contributed by atoms with E-state index in [1.165, 1.54) is 6.42 Å². The van der Waals surface area contributed by atoms with Crippen molar-refractivity contribution in [3.8, 4) is 0 Å². The van der Waals surface area contributed by atoms with Crippen molar-refractivity contribution in [2.75, 3.05) is 0 Å². The Labute approximate surface area is 98.2 Å². The molecule has 2 aromatic rings. The molecule has 0 aliphatic carbocycles. The van der Waals surface area contributed by atoms with Crippen LogP contribution in [0.5, 0.6) is 0 Å². The van der Waals surface area contributed by atoms with E-state index in [0.717, 1.165) is 36.1 Å². The first-order chi connectivity index (χ1) is 7.75. The summed E-state index contributed by atoms with van der Waals surface area (Å²) in [5.74, 6) is 1.02. The van der Waals surface area contributed by atoms with Gasteiger partial charge < -0.3 is 4.57 Å². The molecule has 0 fully saturated rings. The SMILES string of the molecule is N=c1c2ccc(Cl)cc2nc2n1CCCC2. The van der Waals surface area contributed by atoms with E-state index < -0.39 is 0 Å². The van der Waals surface area contributed by atoms with Gasteiger partial charge in [-0.05, 0) is 31.0 Å². The predicted molar refractivity (Wildman–Crippen MR) is 63.5 cm³/mol. The van der Waals surface area contributed by atoms with E-state index in [1.54, 1.807) is 0 Å². The minimum Gasteiger partial charge on any atom is -0.314 e. The standard InChI is InChI=1S/C12H12ClN3/c13-8-4-5-9-10(7-8)15-11-3-1-2-6-16(11)12(9)14/h4-5,7,14H,1-3,6H2. The Morgan fingerprint density at radius 3 is 3.06 bits per heavy atom. The average molecular weight is 234 g/mol. The molecule has 0 spiro atoms. The minimum atomic E-state index is 0.566. The lowest BCUT2D eigenvalue weighted by atomic mass is 10.1. The lowest BCUT2D eigenvalue weighted by Gasteiger charge is -2.19. The van der Waals surface area contributed by atoms with Gasteiger partial charge in [-0.15, -0.1) is 0 Å². The van der Waals surface area contributed by atoms with Crippen LogP contribution in [0.3, 0.4) is 0 Å². The molecule has 82 valence electrons. The normalized spacial score (nSPS) is 15.1. The minimum absolute atomic E-state index is 0.566. The smallest absolute Gasteiger partial charge is 0.135 e. The van der Waals surface area contributed by atoms with Crippen LogP contribution >= 0.6 is 11.6 Å². The first-order valence-corrected chi connectivity index (χ1v) is 5.87. The van der Waals surface area contributed by atoms with E-state index in [0.29, 0.717) is 10.5 Å². The van der Waals surface area contributed by atoms with Gasteiger partial charge >= 0.3 is 0 Å². The maximum Gasteiger partial charge on any atom is 0.135 e. The van der Waals surface area contributed by atoms with Gasteiger partial charge in [0.15, 0.2) is 0 Å². The number of aromatic nitrogens is 2. The van der Waals surface area contributed by atoms with Gasteiger partial charge in [-0.2, -0.15) is 0 Å². The van der Waals surface area contributed by atoms with Crippen molar-refractivity contribution in [3.63, 3.8) is 0 Å².